The molecule has 1 aromatic carbocycles. The van der Waals surface area contributed by atoms with Gasteiger partial charge < -0.3 is 10.6 Å². The Bertz CT molecular complexity index is 530. The summed E-state index contributed by atoms with van der Waals surface area (Å²) in [6.07, 6.45) is 0.924. The highest BCUT2D eigenvalue weighted by Gasteiger charge is 2.21. The Balaban J connectivity index is 2.03. The smallest absolute Gasteiger partial charge is 0.295 e. The van der Waals surface area contributed by atoms with Crippen LogP contribution in [0.1, 0.15) is 6.42 Å². The van der Waals surface area contributed by atoms with Crippen molar-refractivity contribution in [2.45, 2.75) is 6.42 Å². The summed E-state index contributed by atoms with van der Waals surface area (Å²) in [7, 11) is 0. The summed E-state index contributed by atoms with van der Waals surface area (Å²) >= 11 is 0. The lowest BCUT2D eigenvalue weighted by atomic mass is 10.2. The van der Waals surface area contributed by atoms with Gasteiger partial charge in [0.05, 0.1) is 11.5 Å². The highest BCUT2D eigenvalue weighted by atomic mass is 19.1. The van der Waals surface area contributed by atoms with Crippen molar-refractivity contribution < 1.29 is 14.1 Å². The quantitative estimate of drug-likeness (QED) is 0.638. The molecular weight excluding hydrogens is 279 g/mol. The van der Waals surface area contributed by atoms with Crippen LogP contribution in [0.3, 0.4) is 0 Å². The van der Waals surface area contributed by atoms with E-state index in [4.69, 9.17) is 0 Å². The van der Waals surface area contributed by atoms with Crippen LogP contribution in [0.25, 0.3) is 0 Å². The number of anilines is 1. The predicted molar refractivity (Wildman–Crippen MR) is 75.6 cm³/mol. The molecule has 0 saturated carbocycles. The fraction of sp³-hybridized carbons (Fsp3) is 0.462. The zero-order valence-electron chi connectivity index (χ0n) is 11.5. The zero-order valence-corrected chi connectivity index (χ0v) is 11.5. The third-order valence-corrected chi connectivity index (χ3v) is 3.25. The van der Waals surface area contributed by atoms with E-state index in [0.29, 0.717) is 6.54 Å². The largest absolute Gasteiger partial charge is 0.317 e. The zero-order chi connectivity index (χ0) is 15.2. The van der Waals surface area contributed by atoms with E-state index in [1.54, 1.807) is 0 Å². The topological polar surface area (TPSA) is 87.5 Å². The summed E-state index contributed by atoms with van der Waals surface area (Å²) in [5.74, 6) is -1.26. The summed E-state index contributed by atoms with van der Waals surface area (Å²) in [5, 5.41) is 16.4. The number of para-hydroxylation sites is 1. The van der Waals surface area contributed by atoms with Gasteiger partial charge in [-0.1, -0.05) is 6.07 Å². The number of nitro groups is 1. The SMILES string of the molecule is O=C(CN1CCCNCC1)Nc1c(F)cccc1[N+](=O)[O-]. The van der Waals surface area contributed by atoms with Gasteiger partial charge in [-0.05, 0) is 25.6 Å². The van der Waals surface area contributed by atoms with E-state index in [-0.39, 0.29) is 12.2 Å². The maximum atomic E-state index is 13.7. The van der Waals surface area contributed by atoms with Gasteiger partial charge in [0, 0.05) is 19.2 Å². The number of hydrogen-bond donors (Lipinski definition) is 2. The molecule has 1 saturated heterocycles. The summed E-state index contributed by atoms with van der Waals surface area (Å²) in [6, 6.07) is 3.48. The number of benzene rings is 1. The molecule has 0 unspecified atom stereocenters. The number of amides is 1. The van der Waals surface area contributed by atoms with E-state index in [1.807, 2.05) is 4.90 Å². The molecule has 1 aliphatic heterocycles. The molecule has 2 N–H and O–H groups in total. The van der Waals surface area contributed by atoms with Crippen LogP contribution in [-0.4, -0.2) is 48.5 Å². The Labute approximate surface area is 121 Å². The van der Waals surface area contributed by atoms with Gasteiger partial charge in [0.15, 0.2) is 11.5 Å². The molecule has 1 amide bonds. The lowest BCUT2D eigenvalue weighted by Crippen LogP contribution is -2.35. The molecular formula is C13H17FN4O3. The molecule has 21 heavy (non-hydrogen) atoms. The van der Waals surface area contributed by atoms with Crippen molar-refractivity contribution in [1.82, 2.24) is 10.2 Å². The van der Waals surface area contributed by atoms with Crippen LogP contribution in [0, 0.1) is 15.9 Å². The lowest BCUT2D eigenvalue weighted by Gasteiger charge is -2.18. The first kappa shape index (κ1) is 15.3. The highest BCUT2D eigenvalue weighted by molar-refractivity contribution is 5.94. The summed E-state index contributed by atoms with van der Waals surface area (Å²) in [5.41, 5.74) is -0.818. The molecule has 0 atom stereocenters. The van der Waals surface area contributed by atoms with Crippen LogP contribution >= 0.6 is 0 Å². The second-order valence-corrected chi connectivity index (χ2v) is 4.82. The van der Waals surface area contributed by atoms with Crippen LogP contribution in [0.5, 0.6) is 0 Å². The fourth-order valence-corrected chi connectivity index (χ4v) is 2.23. The number of hydrogen-bond acceptors (Lipinski definition) is 5. The monoisotopic (exact) mass is 296 g/mol. The maximum Gasteiger partial charge on any atom is 0.295 e. The maximum absolute atomic E-state index is 13.7. The standard InChI is InChI=1S/C13H17FN4O3/c14-10-3-1-4-11(18(20)21)13(10)16-12(19)9-17-7-2-5-15-6-8-17/h1,3-4,15H,2,5-9H2,(H,16,19). The van der Waals surface area contributed by atoms with Crippen LogP contribution in [-0.2, 0) is 4.79 Å². The van der Waals surface area contributed by atoms with Crippen molar-refractivity contribution in [3.63, 3.8) is 0 Å². The Kier molecular flexibility index (Phi) is 5.18. The van der Waals surface area contributed by atoms with Gasteiger partial charge in [-0.25, -0.2) is 4.39 Å². The molecule has 1 fully saturated rings. The minimum absolute atomic E-state index is 0.0904. The van der Waals surface area contributed by atoms with Crippen LogP contribution in [0.15, 0.2) is 18.2 Å². The minimum atomic E-state index is -0.810. The molecule has 0 spiro atoms. The number of nitrogens with zero attached hydrogens (tertiary/aromatic N) is 2. The van der Waals surface area contributed by atoms with Gasteiger partial charge in [-0.15, -0.1) is 0 Å². The van der Waals surface area contributed by atoms with Gasteiger partial charge in [-0.3, -0.25) is 19.8 Å². The molecule has 0 radical (unpaired) electrons. The van der Waals surface area contributed by atoms with E-state index in [1.165, 1.54) is 6.07 Å². The molecule has 8 heteroatoms. The molecule has 2 rings (SSSR count). The predicted octanol–water partition coefficient (Wildman–Crippen LogP) is 0.968. The molecule has 0 aliphatic carbocycles. The average molecular weight is 296 g/mol. The van der Waals surface area contributed by atoms with Crippen LogP contribution in [0.4, 0.5) is 15.8 Å². The average Bonchev–Trinajstić information content (AvgIpc) is 2.69. The lowest BCUT2D eigenvalue weighted by molar-refractivity contribution is -0.384. The van der Waals surface area contributed by atoms with Crippen molar-refractivity contribution >= 4 is 17.3 Å². The molecule has 1 heterocycles. The Hall–Kier alpha value is -2.06. The van der Waals surface area contributed by atoms with E-state index in [9.17, 15) is 19.3 Å². The van der Waals surface area contributed by atoms with Crippen LogP contribution < -0.4 is 10.6 Å². The van der Waals surface area contributed by atoms with E-state index >= 15 is 0 Å². The molecule has 1 aromatic rings. The van der Waals surface area contributed by atoms with E-state index in [0.717, 1.165) is 38.2 Å². The Morgan fingerprint density at radius 2 is 2.24 bits per heavy atom. The molecule has 114 valence electrons. The number of nitrogens with one attached hydrogen (secondary N) is 2. The summed E-state index contributed by atoms with van der Waals surface area (Å²) in [6.45, 7) is 3.25. The van der Waals surface area contributed by atoms with Crippen molar-refractivity contribution in [1.29, 1.82) is 0 Å². The Morgan fingerprint density at radius 3 is 3.00 bits per heavy atom. The third kappa shape index (κ3) is 4.20. The minimum Gasteiger partial charge on any atom is -0.317 e. The normalized spacial score (nSPS) is 16.2. The van der Waals surface area contributed by atoms with Crippen molar-refractivity contribution in [3.05, 3.63) is 34.1 Å². The first-order valence-corrected chi connectivity index (χ1v) is 6.74. The van der Waals surface area contributed by atoms with Gasteiger partial charge in [0.25, 0.3) is 5.69 Å². The fourth-order valence-electron chi connectivity index (χ4n) is 2.23. The molecule has 0 aromatic heterocycles. The number of nitro benzene ring substituents is 1. The number of rotatable bonds is 4. The Morgan fingerprint density at radius 1 is 1.43 bits per heavy atom. The van der Waals surface area contributed by atoms with Crippen molar-refractivity contribution in [2.24, 2.45) is 0 Å². The number of halogens is 1. The first-order chi connectivity index (χ1) is 10.1. The van der Waals surface area contributed by atoms with Crippen LogP contribution in [0.2, 0.25) is 0 Å². The van der Waals surface area contributed by atoms with Crippen molar-refractivity contribution in [2.75, 3.05) is 38.0 Å². The number of carbonyl (C=O) groups is 1. The van der Waals surface area contributed by atoms with Gasteiger partial charge >= 0.3 is 0 Å². The second-order valence-electron chi connectivity index (χ2n) is 4.82. The first-order valence-electron chi connectivity index (χ1n) is 6.74. The van der Waals surface area contributed by atoms with Gasteiger partial charge in [0.1, 0.15) is 0 Å². The third-order valence-electron chi connectivity index (χ3n) is 3.25. The molecule has 1 aliphatic rings. The van der Waals surface area contributed by atoms with Gasteiger partial charge in [0.2, 0.25) is 5.91 Å². The highest BCUT2D eigenvalue weighted by Crippen LogP contribution is 2.26. The summed E-state index contributed by atoms with van der Waals surface area (Å²) < 4.78 is 13.7. The molecule has 0 bridgehead atoms. The van der Waals surface area contributed by atoms with E-state index in [2.05, 4.69) is 10.6 Å². The number of carbonyl (C=O) groups excluding carboxylic acids is 1. The van der Waals surface area contributed by atoms with E-state index < -0.39 is 22.3 Å². The molecule has 7 nitrogen and oxygen atoms in total. The van der Waals surface area contributed by atoms with Gasteiger partial charge in [-0.2, -0.15) is 0 Å². The second kappa shape index (κ2) is 7.09. The summed E-state index contributed by atoms with van der Waals surface area (Å²) in [4.78, 5) is 24.0. The van der Waals surface area contributed by atoms with Crippen molar-refractivity contribution in [3.8, 4) is 0 Å².